The van der Waals surface area contributed by atoms with Crippen LogP contribution in [0.5, 0.6) is 5.75 Å². The second kappa shape index (κ2) is 7.02. The van der Waals surface area contributed by atoms with Gasteiger partial charge in [0.05, 0.1) is 6.61 Å². The smallest absolute Gasteiger partial charge is 0.339 e. The summed E-state index contributed by atoms with van der Waals surface area (Å²) in [7, 11) is -4.00. The molecular formula is C17H19NO5S. The molecule has 0 saturated carbocycles. The van der Waals surface area contributed by atoms with E-state index in [0.29, 0.717) is 22.4 Å². The normalized spacial score (nSPS) is 11.2. The molecule has 2 aromatic carbocycles. The van der Waals surface area contributed by atoms with Crippen LogP contribution in [-0.2, 0) is 21.5 Å². The third-order valence-corrected chi connectivity index (χ3v) is 4.59. The highest BCUT2D eigenvalue weighted by atomic mass is 32.2. The predicted octanol–water partition coefficient (Wildman–Crippen LogP) is 2.52. The van der Waals surface area contributed by atoms with Crippen molar-refractivity contribution in [1.82, 2.24) is 0 Å². The van der Waals surface area contributed by atoms with Gasteiger partial charge in [-0.05, 0) is 54.8 Å². The van der Waals surface area contributed by atoms with E-state index < -0.39 is 10.1 Å². The number of aliphatic hydroxyl groups is 1. The summed E-state index contributed by atoms with van der Waals surface area (Å²) in [5.41, 5.74) is 2.44. The Morgan fingerprint density at radius 3 is 2.12 bits per heavy atom. The van der Waals surface area contributed by atoms with Gasteiger partial charge in [-0.15, -0.1) is 0 Å². The molecule has 6 nitrogen and oxygen atoms in total. The summed E-state index contributed by atoms with van der Waals surface area (Å²) in [5, 5.41) is 11.8. The van der Waals surface area contributed by atoms with E-state index in [0.717, 1.165) is 0 Å². The summed E-state index contributed by atoms with van der Waals surface area (Å²) < 4.78 is 30.1. The first-order valence-electron chi connectivity index (χ1n) is 7.26. The molecule has 128 valence electrons. The van der Waals surface area contributed by atoms with Crippen molar-refractivity contribution in [3.8, 4) is 5.75 Å². The fourth-order valence-electron chi connectivity index (χ4n) is 2.33. The van der Waals surface area contributed by atoms with E-state index in [-0.39, 0.29) is 23.2 Å². The van der Waals surface area contributed by atoms with Crippen LogP contribution in [0.3, 0.4) is 0 Å². The minimum atomic E-state index is -4.00. The Morgan fingerprint density at radius 1 is 1.12 bits per heavy atom. The number of benzene rings is 2. The van der Waals surface area contributed by atoms with Crippen LogP contribution >= 0.6 is 0 Å². The molecule has 0 aliphatic rings. The highest BCUT2D eigenvalue weighted by molar-refractivity contribution is 7.87. The summed E-state index contributed by atoms with van der Waals surface area (Å²) >= 11 is 0. The van der Waals surface area contributed by atoms with Crippen molar-refractivity contribution in [3.63, 3.8) is 0 Å². The van der Waals surface area contributed by atoms with Crippen molar-refractivity contribution in [3.05, 3.63) is 53.1 Å². The van der Waals surface area contributed by atoms with Gasteiger partial charge < -0.3 is 14.6 Å². The molecule has 7 heteroatoms. The Kier molecular flexibility index (Phi) is 5.26. The number of carbonyl (C=O) groups is 1. The van der Waals surface area contributed by atoms with Gasteiger partial charge in [0.1, 0.15) is 10.6 Å². The number of aliphatic hydroxyl groups excluding tert-OH is 1. The van der Waals surface area contributed by atoms with Gasteiger partial charge in [0.25, 0.3) is 0 Å². The van der Waals surface area contributed by atoms with E-state index in [1.807, 2.05) is 0 Å². The molecule has 2 rings (SSSR count). The molecule has 0 aromatic heterocycles. The number of amides is 1. The zero-order chi connectivity index (χ0) is 17.9. The second-order valence-corrected chi connectivity index (χ2v) is 7.01. The van der Waals surface area contributed by atoms with E-state index >= 15 is 0 Å². The largest absolute Gasteiger partial charge is 0.392 e. The lowest BCUT2D eigenvalue weighted by atomic mass is 10.1. The van der Waals surface area contributed by atoms with Gasteiger partial charge >= 0.3 is 10.1 Å². The molecule has 0 unspecified atom stereocenters. The van der Waals surface area contributed by atoms with E-state index in [1.165, 1.54) is 31.2 Å². The number of hydrogen-bond donors (Lipinski definition) is 2. The average Bonchev–Trinajstić information content (AvgIpc) is 2.50. The van der Waals surface area contributed by atoms with Crippen molar-refractivity contribution >= 4 is 21.7 Å². The van der Waals surface area contributed by atoms with Crippen molar-refractivity contribution in [2.24, 2.45) is 0 Å². The second-order valence-electron chi connectivity index (χ2n) is 5.46. The highest BCUT2D eigenvalue weighted by Crippen LogP contribution is 2.28. The van der Waals surface area contributed by atoms with Crippen LogP contribution in [-0.4, -0.2) is 19.4 Å². The number of aryl methyl sites for hydroxylation is 2. The van der Waals surface area contributed by atoms with Gasteiger partial charge in [-0.2, -0.15) is 8.42 Å². The first-order chi connectivity index (χ1) is 11.2. The summed E-state index contributed by atoms with van der Waals surface area (Å²) in [5.74, 6) is 0.00946. The first kappa shape index (κ1) is 18.0. The lowest BCUT2D eigenvalue weighted by Gasteiger charge is -2.13. The number of hydrogen-bond acceptors (Lipinski definition) is 5. The van der Waals surface area contributed by atoms with Gasteiger partial charge in [0, 0.05) is 12.6 Å². The zero-order valence-electron chi connectivity index (χ0n) is 13.7. The van der Waals surface area contributed by atoms with Crippen molar-refractivity contribution < 1.29 is 22.5 Å². The summed E-state index contributed by atoms with van der Waals surface area (Å²) in [4.78, 5) is 11.0. The molecule has 0 spiro atoms. The molecule has 2 N–H and O–H groups in total. The molecule has 0 bridgehead atoms. The third kappa shape index (κ3) is 4.12. The van der Waals surface area contributed by atoms with Crippen LogP contribution in [0.2, 0.25) is 0 Å². The van der Waals surface area contributed by atoms with Crippen LogP contribution in [0.4, 0.5) is 5.69 Å². The van der Waals surface area contributed by atoms with Gasteiger partial charge in [-0.3, -0.25) is 4.79 Å². The summed E-state index contributed by atoms with van der Waals surface area (Å²) in [6, 6.07) is 9.08. The van der Waals surface area contributed by atoms with Crippen molar-refractivity contribution in [2.75, 3.05) is 5.32 Å². The molecule has 2 aromatic rings. The molecule has 0 aliphatic heterocycles. The molecule has 0 heterocycles. The molecule has 24 heavy (non-hydrogen) atoms. The Morgan fingerprint density at radius 2 is 1.67 bits per heavy atom. The number of rotatable bonds is 5. The van der Waals surface area contributed by atoms with Crippen molar-refractivity contribution in [2.45, 2.75) is 32.3 Å². The maximum Gasteiger partial charge on any atom is 0.339 e. The minimum absolute atomic E-state index is 0.0124. The van der Waals surface area contributed by atoms with Gasteiger partial charge in [-0.25, -0.2) is 0 Å². The summed E-state index contributed by atoms with van der Waals surface area (Å²) in [6.07, 6.45) is 0. The lowest BCUT2D eigenvalue weighted by Crippen LogP contribution is -2.12. The molecular weight excluding hydrogens is 330 g/mol. The summed E-state index contributed by atoms with van der Waals surface area (Å²) in [6.45, 7) is 4.68. The molecule has 0 fully saturated rings. The Bertz CT molecular complexity index is 834. The van der Waals surface area contributed by atoms with Crippen LogP contribution < -0.4 is 9.50 Å². The van der Waals surface area contributed by atoms with E-state index in [1.54, 1.807) is 26.0 Å². The van der Waals surface area contributed by atoms with Gasteiger partial charge in [0.15, 0.2) is 0 Å². The minimum Gasteiger partial charge on any atom is -0.392 e. The molecule has 0 saturated heterocycles. The van der Waals surface area contributed by atoms with Crippen LogP contribution in [0.1, 0.15) is 23.6 Å². The Labute approximate surface area is 141 Å². The predicted molar refractivity (Wildman–Crippen MR) is 90.4 cm³/mol. The Balaban J connectivity index is 2.30. The average molecular weight is 349 g/mol. The molecule has 0 aliphatic carbocycles. The van der Waals surface area contributed by atoms with Crippen molar-refractivity contribution in [1.29, 1.82) is 0 Å². The number of anilines is 1. The maximum absolute atomic E-state index is 12.4. The molecule has 1 amide bonds. The first-order valence-corrected chi connectivity index (χ1v) is 8.67. The molecule has 0 atom stereocenters. The topological polar surface area (TPSA) is 92.7 Å². The van der Waals surface area contributed by atoms with Crippen LogP contribution in [0.15, 0.2) is 41.3 Å². The SMILES string of the molecule is CC(=O)Nc1ccc(S(=O)(=O)Oc2c(C)cc(CO)cc2C)cc1. The van der Waals surface area contributed by atoms with Crippen LogP contribution in [0, 0.1) is 13.8 Å². The zero-order valence-corrected chi connectivity index (χ0v) is 14.5. The highest BCUT2D eigenvalue weighted by Gasteiger charge is 2.19. The van der Waals surface area contributed by atoms with E-state index in [2.05, 4.69) is 5.32 Å². The number of nitrogens with one attached hydrogen (secondary N) is 1. The van der Waals surface area contributed by atoms with Crippen LogP contribution in [0.25, 0.3) is 0 Å². The fraction of sp³-hybridized carbons (Fsp3) is 0.235. The monoisotopic (exact) mass is 349 g/mol. The number of carbonyl (C=O) groups excluding carboxylic acids is 1. The Hall–Kier alpha value is -2.38. The fourth-order valence-corrected chi connectivity index (χ4v) is 3.38. The standard InChI is InChI=1S/C17H19NO5S/c1-11-8-14(10-19)9-12(2)17(11)23-24(21,22)16-6-4-15(5-7-16)18-13(3)20/h4-9,19H,10H2,1-3H3,(H,18,20). The van der Waals surface area contributed by atoms with E-state index in [9.17, 15) is 18.3 Å². The maximum atomic E-state index is 12.4. The van der Waals surface area contributed by atoms with E-state index in [4.69, 9.17) is 4.18 Å². The lowest BCUT2D eigenvalue weighted by molar-refractivity contribution is -0.114. The molecule has 0 radical (unpaired) electrons. The van der Waals surface area contributed by atoms with Gasteiger partial charge in [0.2, 0.25) is 5.91 Å². The third-order valence-electron chi connectivity index (χ3n) is 3.36. The quantitative estimate of drug-likeness (QED) is 0.809. The van der Waals surface area contributed by atoms with Gasteiger partial charge in [-0.1, -0.05) is 12.1 Å².